The maximum Gasteiger partial charge on any atom is 0.191 e. The van der Waals surface area contributed by atoms with Crippen LogP contribution in [0.1, 0.15) is 48.4 Å². The van der Waals surface area contributed by atoms with Crippen molar-refractivity contribution in [3.05, 3.63) is 70.8 Å². The largest absolute Gasteiger partial charge is 0.357 e. The predicted octanol–water partition coefficient (Wildman–Crippen LogP) is 3.80. The lowest BCUT2D eigenvalue weighted by molar-refractivity contribution is 0.221. The Bertz CT molecular complexity index is 829. The minimum atomic E-state index is 0.541. The highest BCUT2D eigenvalue weighted by Crippen LogP contribution is 2.13. The van der Waals surface area contributed by atoms with Crippen LogP contribution in [-0.4, -0.2) is 30.5 Å². The molecule has 1 aliphatic heterocycles. The Labute approximate surface area is 174 Å². The molecule has 0 amide bonds. The molecule has 5 heteroatoms. The number of guanidine groups is 1. The van der Waals surface area contributed by atoms with E-state index in [0.29, 0.717) is 12.1 Å². The van der Waals surface area contributed by atoms with Crippen LogP contribution in [0.2, 0.25) is 0 Å². The predicted molar refractivity (Wildman–Crippen MR) is 118 cm³/mol. The first-order valence-electron chi connectivity index (χ1n) is 10.6. The molecule has 0 unspecified atom stereocenters. The third kappa shape index (κ3) is 6.92. The minimum Gasteiger partial charge on any atom is -0.357 e. The first-order valence-corrected chi connectivity index (χ1v) is 10.6. The summed E-state index contributed by atoms with van der Waals surface area (Å²) in [5, 5.41) is 15.7. The van der Waals surface area contributed by atoms with Gasteiger partial charge >= 0.3 is 0 Å². The molecule has 0 spiro atoms. The molecule has 3 rings (SSSR count). The summed E-state index contributed by atoms with van der Waals surface area (Å²) >= 11 is 0. The van der Waals surface area contributed by atoms with Gasteiger partial charge in [0.15, 0.2) is 5.96 Å². The molecular formula is C24H31N5. The molecule has 0 aliphatic carbocycles. The Morgan fingerprint density at radius 3 is 2.48 bits per heavy atom. The average Bonchev–Trinajstić information content (AvgIpc) is 2.77. The van der Waals surface area contributed by atoms with Gasteiger partial charge in [-0.25, -0.2) is 4.99 Å². The summed E-state index contributed by atoms with van der Waals surface area (Å²) in [4.78, 5) is 7.20. The second-order valence-electron chi connectivity index (χ2n) is 7.51. The molecule has 1 heterocycles. The van der Waals surface area contributed by atoms with E-state index in [1.165, 1.54) is 43.5 Å². The van der Waals surface area contributed by atoms with Gasteiger partial charge in [-0.15, -0.1) is 0 Å². The zero-order valence-electron chi connectivity index (χ0n) is 17.3. The van der Waals surface area contributed by atoms with Crippen molar-refractivity contribution in [1.82, 2.24) is 15.5 Å². The van der Waals surface area contributed by atoms with Crippen LogP contribution in [0.3, 0.4) is 0 Å². The SMILES string of the molecule is CCNC(=NCc1cccc(C#N)c1)NCc1ccc(CN2CCCCC2)cc1. The van der Waals surface area contributed by atoms with Gasteiger partial charge in [0.05, 0.1) is 18.2 Å². The van der Waals surface area contributed by atoms with E-state index in [4.69, 9.17) is 5.26 Å². The molecule has 2 aromatic carbocycles. The van der Waals surface area contributed by atoms with Crippen LogP contribution < -0.4 is 10.6 Å². The average molecular weight is 390 g/mol. The van der Waals surface area contributed by atoms with Gasteiger partial charge in [0.25, 0.3) is 0 Å². The quantitative estimate of drug-likeness (QED) is 0.558. The summed E-state index contributed by atoms with van der Waals surface area (Å²) in [7, 11) is 0. The molecule has 0 atom stereocenters. The van der Waals surface area contributed by atoms with Crippen molar-refractivity contribution < 1.29 is 0 Å². The van der Waals surface area contributed by atoms with Crippen molar-refractivity contribution >= 4 is 5.96 Å². The molecule has 0 aromatic heterocycles. The highest BCUT2D eigenvalue weighted by atomic mass is 15.2. The molecule has 2 N–H and O–H groups in total. The number of rotatable bonds is 7. The summed E-state index contributed by atoms with van der Waals surface area (Å²) in [5.74, 6) is 0.784. The van der Waals surface area contributed by atoms with Gasteiger partial charge in [-0.3, -0.25) is 4.90 Å². The van der Waals surface area contributed by atoms with Crippen molar-refractivity contribution in [2.24, 2.45) is 4.99 Å². The number of likely N-dealkylation sites (tertiary alicyclic amines) is 1. The number of hydrogen-bond donors (Lipinski definition) is 2. The van der Waals surface area contributed by atoms with Crippen LogP contribution in [0, 0.1) is 11.3 Å². The molecule has 0 radical (unpaired) electrons. The van der Waals surface area contributed by atoms with E-state index < -0.39 is 0 Å². The molecular weight excluding hydrogens is 358 g/mol. The van der Waals surface area contributed by atoms with Crippen molar-refractivity contribution in [3.63, 3.8) is 0 Å². The highest BCUT2D eigenvalue weighted by Gasteiger charge is 2.10. The first kappa shape index (κ1) is 20.9. The van der Waals surface area contributed by atoms with Gasteiger partial charge in [-0.05, 0) is 61.7 Å². The smallest absolute Gasteiger partial charge is 0.191 e. The van der Waals surface area contributed by atoms with Gasteiger partial charge in [-0.2, -0.15) is 5.26 Å². The Hall–Kier alpha value is -2.84. The van der Waals surface area contributed by atoms with Crippen LogP contribution in [0.25, 0.3) is 0 Å². The number of aliphatic imine (C=N–C) groups is 1. The monoisotopic (exact) mass is 389 g/mol. The number of nitrogens with one attached hydrogen (secondary N) is 2. The number of nitriles is 1. The van der Waals surface area contributed by atoms with E-state index in [-0.39, 0.29) is 0 Å². The number of hydrogen-bond acceptors (Lipinski definition) is 3. The van der Waals surface area contributed by atoms with Gasteiger partial charge in [0.2, 0.25) is 0 Å². The number of piperidine rings is 1. The molecule has 1 aliphatic rings. The fourth-order valence-electron chi connectivity index (χ4n) is 3.58. The van der Waals surface area contributed by atoms with E-state index >= 15 is 0 Å². The molecule has 1 fully saturated rings. The van der Waals surface area contributed by atoms with Crippen LogP contribution in [-0.2, 0) is 19.6 Å². The molecule has 29 heavy (non-hydrogen) atoms. The van der Waals surface area contributed by atoms with E-state index in [2.05, 4.69) is 57.8 Å². The lowest BCUT2D eigenvalue weighted by Gasteiger charge is -2.26. The third-order valence-corrected chi connectivity index (χ3v) is 5.16. The van der Waals surface area contributed by atoms with Crippen LogP contribution in [0.4, 0.5) is 0 Å². The fraction of sp³-hybridized carbons (Fsp3) is 0.417. The number of nitrogens with zero attached hydrogens (tertiary/aromatic N) is 3. The molecule has 5 nitrogen and oxygen atoms in total. The molecule has 152 valence electrons. The number of benzene rings is 2. The maximum atomic E-state index is 9.03. The topological polar surface area (TPSA) is 63.5 Å². The third-order valence-electron chi connectivity index (χ3n) is 5.16. The zero-order chi connectivity index (χ0) is 20.3. The summed E-state index contributed by atoms with van der Waals surface area (Å²) in [6, 6.07) is 18.6. The van der Waals surface area contributed by atoms with Crippen LogP contribution in [0.15, 0.2) is 53.5 Å². The second-order valence-corrected chi connectivity index (χ2v) is 7.51. The summed E-state index contributed by atoms with van der Waals surface area (Å²) in [6.45, 7) is 7.64. The van der Waals surface area contributed by atoms with Gasteiger partial charge < -0.3 is 10.6 Å². The minimum absolute atomic E-state index is 0.541. The first-order chi connectivity index (χ1) is 14.3. The molecule has 1 saturated heterocycles. The molecule has 0 saturated carbocycles. The highest BCUT2D eigenvalue weighted by molar-refractivity contribution is 5.79. The Kier molecular flexibility index (Phi) is 8.09. The van der Waals surface area contributed by atoms with Crippen LogP contribution >= 0.6 is 0 Å². The van der Waals surface area contributed by atoms with E-state index in [9.17, 15) is 0 Å². The van der Waals surface area contributed by atoms with Crippen molar-refractivity contribution in [2.75, 3.05) is 19.6 Å². The maximum absolute atomic E-state index is 9.03. The Morgan fingerprint density at radius 1 is 1.00 bits per heavy atom. The zero-order valence-corrected chi connectivity index (χ0v) is 17.3. The van der Waals surface area contributed by atoms with Crippen molar-refractivity contribution in [3.8, 4) is 6.07 Å². The normalized spacial score (nSPS) is 15.0. The van der Waals surface area contributed by atoms with E-state index in [0.717, 1.165) is 31.2 Å². The van der Waals surface area contributed by atoms with Crippen molar-refractivity contribution in [1.29, 1.82) is 5.26 Å². The lowest BCUT2D eigenvalue weighted by Crippen LogP contribution is -2.36. The Morgan fingerprint density at radius 2 is 1.76 bits per heavy atom. The van der Waals surface area contributed by atoms with Gasteiger partial charge in [0, 0.05) is 19.6 Å². The van der Waals surface area contributed by atoms with Crippen LogP contribution in [0.5, 0.6) is 0 Å². The summed E-state index contributed by atoms with van der Waals surface area (Å²) in [5.41, 5.74) is 4.32. The Balaban J connectivity index is 1.53. The van der Waals surface area contributed by atoms with Crippen molar-refractivity contribution in [2.45, 2.75) is 45.8 Å². The standard InChI is InChI=1S/C24H31N5/c1-2-26-24(28-18-23-8-6-7-22(15-23)16-25)27-17-20-9-11-21(12-10-20)19-29-13-4-3-5-14-29/h6-12,15H,2-5,13-14,17-19H2,1H3,(H2,26,27,28). The molecule has 0 bridgehead atoms. The summed E-state index contributed by atoms with van der Waals surface area (Å²) < 4.78 is 0. The summed E-state index contributed by atoms with van der Waals surface area (Å²) in [6.07, 6.45) is 4.03. The second kappa shape index (κ2) is 11.2. The fourth-order valence-corrected chi connectivity index (χ4v) is 3.58. The lowest BCUT2D eigenvalue weighted by atomic mass is 10.1. The van der Waals surface area contributed by atoms with E-state index in [1.807, 2.05) is 24.3 Å². The van der Waals surface area contributed by atoms with Gasteiger partial charge in [-0.1, -0.05) is 42.8 Å². The molecule has 2 aromatic rings. The van der Waals surface area contributed by atoms with E-state index in [1.54, 1.807) is 0 Å². The van der Waals surface area contributed by atoms with Gasteiger partial charge in [0.1, 0.15) is 0 Å².